The molecule has 0 aliphatic carbocycles. The van der Waals surface area contributed by atoms with Gasteiger partial charge in [0.2, 0.25) is 0 Å². The summed E-state index contributed by atoms with van der Waals surface area (Å²) in [5, 5.41) is 9.07. The largest absolute Gasteiger partial charge is 0.481 e. The highest BCUT2D eigenvalue weighted by atomic mass is 16.4. The number of aliphatic carboxylic acids is 1. The van der Waals surface area contributed by atoms with Crippen molar-refractivity contribution in [2.45, 2.75) is 19.5 Å². The van der Waals surface area contributed by atoms with Crippen LogP contribution in [0.4, 0.5) is 5.69 Å². The third-order valence-electron chi connectivity index (χ3n) is 5.02. The third kappa shape index (κ3) is 7.39. The number of carbonyl (C=O) groups is 1. The van der Waals surface area contributed by atoms with Crippen molar-refractivity contribution in [3.63, 3.8) is 0 Å². The lowest BCUT2D eigenvalue weighted by Crippen LogP contribution is -2.26. The fourth-order valence-electron chi connectivity index (χ4n) is 3.26. The molecular weight excluding hydrogens is 386 g/mol. The first-order chi connectivity index (χ1) is 15.0. The number of carboxylic acids is 1. The van der Waals surface area contributed by atoms with E-state index in [0.717, 1.165) is 22.4 Å². The minimum atomic E-state index is -0.787. The molecule has 0 fully saturated rings. The Labute approximate surface area is 184 Å². The van der Waals surface area contributed by atoms with Gasteiger partial charge < -0.3 is 10.0 Å². The molecule has 0 saturated heterocycles. The first-order valence-corrected chi connectivity index (χ1v) is 10.4. The Morgan fingerprint density at radius 1 is 0.903 bits per heavy atom. The van der Waals surface area contributed by atoms with Crippen molar-refractivity contribution in [1.82, 2.24) is 9.88 Å². The normalized spacial score (nSPS) is 11.2. The van der Waals surface area contributed by atoms with Crippen molar-refractivity contribution in [3.8, 4) is 0 Å². The van der Waals surface area contributed by atoms with Gasteiger partial charge in [0.15, 0.2) is 0 Å². The monoisotopic (exact) mass is 415 g/mol. The van der Waals surface area contributed by atoms with Gasteiger partial charge in [-0.3, -0.25) is 14.7 Å². The van der Waals surface area contributed by atoms with Gasteiger partial charge in [0.1, 0.15) is 0 Å². The van der Waals surface area contributed by atoms with E-state index in [4.69, 9.17) is 5.11 Å². The van der Waals surface area contributed by atoms with E-state index in [1.165, 1.54) is 5.69 Å². The number of hydrogen-bond donors (Lipinski definition) is 1. The molecule has 0 aliphatic heterocycles. The first-order valence-electron chi connectivity index (χ1n) is 10.4. The van der Waals surface area contributed by atoms with Crippen LogP contribution in [0, 0.1) is 0 Å². The summed E-state index contributed by atoms with van der Waals surface area (Å²) in [6, 6.07) is 22.6. The summed E-state index contributed by atoms with van der Waals surface area (Å²) in [6.07, 6.45) is 6.08. The van der Waals surface area contributed by atoms with Crippen LogP contribution in [0.25, 0.3) is 12.2 Å². The molecule has 0 unspecified atom stereocenters. The molecule has 0 amide bonds. The maximum Gasteiger partial charge on any atom is 0.304 e. The Bertz CT molecular complexity index is 981. The zero-order chi connectivity index (χ0) is 22.1. The predicted molar refractivity (Wildman–Crippen MR) is 127 cm³/mol. The van der Waals surface area contributed by atoms with E-state index in [-0.39, 0.29) is 6.42 Å². The predicted octanol–water partition coefficient (Wildman–Crippen LogP) is 4.79. The number of carboxylic acid groups (broad SMARTS) is 1. The SMILES string of the molecule is CN(C)c1ccc(/C=C/c2ccc(CN(CCC(=O)O)Cc3ccccn3)cc2)cc1. The molecular formula is C26H29N3O2. The second-order valence-corrected chi connectivity index (χ2v) is 7.74. The summed E-state index contributed by atoms with van der Waals surface area (Å²) in [6.45, 7) is 1.79. The summed E-state index contributed by atoms with van der Waals surface area (Å²) < 4.78 is 0. The molecule has 1 heterocycles. The smallest absolute Gasteiger partial charge is 0.304 e. The van der Waals surface area contributed by atoms with Crippen molar-refractivity contribution < 1.29 is 9.90 Å². The standard InChI is InChI=1S/C26H29N3O2/c1-28(2)25-14-12-22(13-15-25)7-6-21-8-10-23(11-9-21)19-29(18-16-26(30)31)20-24-5-3-4-17-27-24/h3-15,17H,16,18-20H2,1-2H3,(H,30,31)/b7-6+. The number of rotatable bonds is 10. The number of benzene rings is 2. The average molecular weight is 416 g/mol. The van der Waals surface area contributed by atoms with E-state index in [9.17, 15) is 4.79 Å². The van der Waals surface area contributed by atoms with Crippen molar-refractivity contribution >= 4 is 23.8 Å². The van der Waals surface area contributed by atoms with Gasteiger partial charge >= 0.3 is 5.97 Å². The van der Waals surface area contributed by atoms with Crippen LogP contribution in [0.1, 0.15) is 28.8 Å². The molecule has 0 bridgehead atoms. The summed E-state index contributed by atoms with van der Waals surface area (Å²) in [4.78, 5) is 19.6. The van der Waals surface area contributed by atoms with Gasteiger partial charge in [0, 0.05) is 45.6 Å². The number of anilines is 1. The Morgan fingerprint density at radius 2 is 1.55 bits per heavy atom. The zero-order valence-corrected chi connectivity index (χ0v) is 18.1. The Morgan fingerprint density at radius 3 is 2.10 bits per heavy atom. The minimum Gasteiger partial charge on any atom is -0.481 e. The molecule has 0 radical (unpaired) electrons. The van der Waals surface area contributed by atoms with E-state index < -0.39 is 5.97 Å². The van der Waals surface area contributed by atoms with E-state index in [1.54, 1.807) is 6.20 Å². The van der Waals surface area contributed by atoms with E-state index in [0.29, 0.717) is 19.6 Å². The molecule has 160 valence electrons. The summed E-state index contributed by atoms with van der Waals surface area (Å²) in [5.41, 5.74) is 5.55. The molecule has 5 nitrogen and oxygen atoms in total. The minimum absolute atomic E-state index is 0.111. The topological polar surface area (TPSA) is 56.7 Å². The van der Waals surface area contributed by atoms with Crippen molar-refractivity contribution in [2.75, 3.05) is 25.5 Å². The molecule has 1 aromatic heterocycles. The highest BCUT2D eigenvalue weighted by Gasteiger charge is 2.10. The van der Waals surface area contributed by atoms with Gasteiger partial charge in [0.05, 0.1) is 12.1 Å². The van der Waals surface area contributed by atoms with E-state index in [2.05, 4.69) is 75.5 Å². The van der Waals surface area contributed by atoms with Crippen LogP contribution >= 0.6 is 0 Å². The van der Waals surface area contributed by atoms with E-state index >= 15 is 0 Å². The molecule has 2 aromatic carbocycles. The van der Waals surface area contributed by atoms with Gasteiger partial charge in [-0.2, -0.15) is 0 Å². The van der Waals surface area contributed by atoms with Crippen LogP contribution in [0.2, 0.25) is 0 Å². The van der Waals surface area contributed by atoms with Crippen LogP contribution in [-0.4, -0.2) is 41.6 Å². The van der Waals surface area contributed by atoms with Crippen molar-refractivity contribution in [3.05, 3.63) is 95.3 Å². The second kappa shape index (κ2) is 11.1. The molecule has 0 spiro atoms. The number of hydrogen-bond acceptors (Lipinski definition) is 4. The molecule has 0 aliphatic rings. The van der Waals surface area contributed by atoms with Crippen molar-refractivity contribution in [2.24, 2.45) is 0 Å². The molecule has 0 saturated carbocycles. The first kappa shape index (κ1) is 22.2. The Balaban J connectivity index is 1.63. The van der Waals surface area contributed by atoms with Gasteiger partial charge in [0.25, 0.3) is 0 Å². The summed E-state index contributed by atoms with van der Waals surface area (Å²) >= 11 is 0. The molecule has 31 heavy (non-hydrogen) atoms. The molecule has 1 N–H and O–H groups in total. The zero-order valence-electron chi connectivity index (χ0n) is 18.1. The molecule has 5 heteroatoms. The van der Waals surface area contributed by atoms with Gasteiger partial charge in [-0.15, -0.1) is 0 Å². The van der Waals surface area contributed by atoms with Gasteiger partial charge in [-0.25, -0.2) is 0 Å². The summed E-state index contributed by atoms with van der Waals surface area (Å²) in [7, 11) is 4.07. The lowest BCUT2D eigenvalue weighted by atomic mass is 10.1. The fraction of sp³-hybridized carbons (Fsp3) is 0.231. The Hall–Kier alpha value is -3.44. The maximum absolute atomic E-state index is 11.0. The second-order valence-electron chi connectivity index (χ2n) is 7.74. The Kier molecular flexibility index (Phi) is 7.96. The fourth-order valence-corrected chi connectivity index (χ4v) is 3.26. The van der Waals surface area contributed by atoms with Crippen LogP contribution in [-0.2, 0) is 17.9 Å². The van der Waals surface area contributed by atoms with Gasteiger partial charge in [-0.1, -0.05) is 54.6 Å². The maximum atomic E-state index is 11.0. The van der Waals surface area contributed by atoms with E-state index in [1.807, 2.05) is 32.3 Å². The average Bonchev–Trinajstić information content (AvgIpc) is 2.78. The number of nitrogens with zero attached hydrogens (tertiary/aromatic N) is 3. The quantitative estimate of drug-likeness (QED) is 0.482. The lowest BCUT2D eigenvalue weighted by Gasteiger charge is -2.21. The van der Waals surface area contributed by atoms with Crippen LogP contribution in [0.3, 0.4) is 0 Å². The van der Waals surface area contributed by atoms with Crippen LogP contribution in [0.15, 0.2) is 72.9 Å². The number of pyridine rings is 1. The number of aromatic nitrogens is 1. The summed E-state index contributed by atoms with van der Waals surface area (Å²) in [5.74, 6) is -0.787. The lowest BCUT2D eigenvalue weighted by molar-refractivity contribution is -0.137. The molecule has 3 rings (SSSR count). The third-order valence-corrected chi connectivity index (χ3v) is 5.02. The van der Waals surface area contributed by atoms with Gasteiger partial charge in [-0.05, 0) is 41.0 Å². The molecule has 3 aromatic rings. The highest BCUT2D eigenvalue weighted by Crippen LogP contribution is 2.16. The highest BCUT2D eigenvalue weighted by molar-refractivity contribution is 5.70. The van der Waals surface area contributed by atoms with Crippen LogP contribution < -0.4 is 4.90 Å². The van der Waals surface area contributed by atoms with Crippen molar-refractivity contribution in [1.29, 1.82) is 0 Å². The molecule has 0 atom stereocenters. The van der Waals surface area contributed by atoms with Crippen LogP contribution in [0.5, 0.6) is 0 Å².